The zero-order valence-electron chi connectivity index (χ0n) is 14.7. The van der Waals surface area contributed by atoms with Gasteiger partial charge in [-0.1, -0.05) is 60.7 Å². The molecular formula is C22H19F3O2. The quantitative estimate of drug-likeness (QED) is 0.515. The summed E-state index contributed by atoms with van der Waals surface area (Å²) in [4.78, 5) is 12.0. The number of rotatable bonds is 3. The summed E-state index contributed by atoms with van der Waals surface area (Å²) in [7, 11) is 1.34. The Hall–Kier alpha value is -2.82. The lowest BCUT2D eigenvalue weighted by atomic mass is 9.81. The Morgan fingerprint density at radius 2 is 1.59 bits per heavy atom. The van der Waals surface area contributed by atoms with Crippen LogP contribution in [0.4, 0.5) is 13.2 Å². The van der Waals surface area contributed by atoms with Crippen molar-refractivity contribution in [1.29, 1.82) is 0 Å². The summed E-state index contributed by atoms with van der Waals surface area (Å²) in [6.45, 7) is 0. The minimum absolute atomic E-state index is 0.183. The molecule has 0 N–H and O–H groups in total. The summed E-state index contributed by atoms with van der Waals surface area (Å²) in [6, 6.07) is 14.8. The van der Waals surface area contributed by atoms with Crippen LogP contribution in [0.3, 0.4) is 0 Å². The maximum Gasteiger partial charge on any atom is 0.416 e. The maximum absolute atomic E-state index is 12.9. The molecule has 1 aliphatic rings. The summed E-state index contributed by atoms with van der Waals surface area (Å²) in [5.74, 6) is -0.763. The van der Waals surface area contributed by atoms with E-state index in [4.69, 9.17) is 4.74 Å². The highest BCUT2D eigenvalue weighted by atomic mass is 19.4. The molecule has 27 heavy (non-hydrogen) atoms. The third-order valence-electron chi connectivity index (χ3n) is 4.70. The number of methoxy groups -OCH3 is 1. The van der Waals surface area contributed by atoms with Gasteiger partial charge >= 0.3 is 12.1 Å². The summed E-state index contributed by atoms with van der Waals surface area (Å²) in [6.07, 6.45) is 1.74. The number of ether oxygens (including phenoxy) is 1. The molecule has 0 aliphatic heterocycles. The van der Waals surface area contributed by atoms with E-state index in [2.05, 4.69) is 0 Å². The molecule has 0 bridgehead atoms. The standard InChI is InChI=1S/C22H19F3O2/c1-27-21(26)17-8-5-9-19(20(14-17)15-6-3-2-4-7-15)16-10-12-18(13-11-16)22(23,24)25/h2-7,9-14,19-20H,8H2,1H3. The van der Waals surface area contributed by atoms with Crippen molar-refractivity contribution >= 4 is 5.97 Å². The molecule has 2 atom stereocenters. The van der Waals surface area contributed by atoms with Gasteiger partial charge in [0.1, 0.15) is 0 Å². The molecule has 140 valence electrons. The second kappa shape index (κ2) is 7.82. The fraction of sp³-hybridized carbons (Fsp3) is 0.227. The second-order valence-electron chi connectivity index (χ2n) is 6.40. The van der Waals surface area contributed by atoms with Crippen LogP contribution in [-0.2, 0) is 15.7 Å². The van der Waals surface area contributed by atoms with Crippen molar-refractivity contribution in [2.45, 2.75) is 24.4 Å². The van der Waals surface area contributed by atoms with E-state index < -0.39 is 17.7 Å². The van der Waals surface area contributed by atoms with Crippen LogP contribution in [0.2, 0.25) is 0 Å². The van der Waals surface area contributed by atoms with E-state index in [1.165, 1.54) is 19.2 Å². The first-order valence-corrected chi connectivity index (χ1v) is 8.58. The number of carbonyl (C=O) groups is 1. The zero-order chi connectivity index (χ0) is 19.4. The molecule has 2 nitrogen and oxygen atoms in total. The highest BCUT2D eigenvalue weighted by Gasteiger charge is 2.31. The predicted octanol–water partition coefficient (Wildman–Crippen LogP) is 5.63. The first kappa shape index (κ1) is 19.0. The van der Waals surface area contributed by atoms with Gasteiger partial charge in [-0.2, -0.15) is 13.2 Å². The zero-order valence-corrected chi connectivity index (χ0v) is 14.7. The van der Waals surface area contributed by atoms with E-state index in [9.17, 15) is 18.0 Å². The third-order valence-corrected chi connectivity index (χ3v) is 4.70. The van der Waals surface area contributed by atoms with Gasteiger partial charge in [0.15, 0.2) is 0 Å². The Balaban J connectivity index is 2.04. The lowest BCUT2D eigenvalue weighted by Gasteiger charge is -2.23. The number of hydrogen-bond donors (Lipinski definition) is 0. The second-order valence-corrected chi connectivity index (χ2v) is 6.40. The summed E-state index contributed by atoms with van der Waals surface area (Å²) < 4.78 is 43.5. The minimum atomic E-state index is -4.37. The first-order chi connectivity index (χ1) is 12.9. The molecule has 0 spiro atoms. The Morgan fingerprint density at radius 1 is 0.963 bits per heavy atom. The van der Waals surface area contributed by atoms with Gasteiger partial charge in [-0.15, -0.1) is 0 Å². The summed E-state index contributed by atoms with van der Waals surface area (Å²) in [5, 5.41) is 0. The number of halogens is 3. The van der Waals surface area contributed by atoms with Crippen molar-refractivity contribution in [3.63, 3.8) is 0 Å². The van der Waals surface area contributed by atoms with Gasteiger partial charge in [0, 0.05) is 17.4 Å². The average Bonchev–Trinajstić information content (AvgIpc) is 2.90. The average molecular weight is 372 g/mol. The monoisotopic (exact) mass is 372 g/mol. The lowest BCUT2D eigenvalue weighted by molar-refractivity contribution is -0.138. The Labute approximate surface area is 156 Å². The van der Waals surface area contributed by atoms with E-state index in [0.717, 1.165) is 23.3 Å². The topological polar surface area (TPSA) is 26.3 Å². The lowest BCUT2D eigenvalue weighted by Crippen LogP contribution is -2.11. The van der Waals surface area contributed by atoms with Gasteiger partial charge < -0.3 is 4.74 Å². The molecule has 0 fully saturated rings. The van der Waals surface area contributed by atoms with Crippen molar-refractivity contribution in [2.24, 2.45) is 0 Å². The van der Waals surface area contributed by atoms with Gasteiger partial charge in [0.05, 0.1) is 12.7 Å². The highest BCUT2D eigenvalue weighted by molar-refractivity contribution is 5.89. The highest BCUT2D eigenvalue weighted by Crippen LogP contribution is 2.39. The molecule has 0 aromatic heterocycles. The van der Waals surface area contributed by atoms with Crippen LogP contribution in [0.15, 0.2) is 78.4 Å². The fourth-order valence-corrected chi connectivity index (χ4v) is 3.32. The minimum Gasteiger partial charge on any atom is -0.466 e. The van der Waals surface area contributed by atoms with Crippen molar-refractivity contribution in [3.8, 4) is 0 Å². The number of hydrogen-bond acceptors (Lipinski definition) is 2. The van der Waals surface area contributed by atoms with Crippen LogP contribution in [0.25, 0.3) is 0 Å². The van der Waals surface area contributed by atoms with Crippen LogP contribution in [0, 0.1) is 0 Å². The SMILES string of the molecule is COC(=O)C1=CC(c2ccccc2)C(c2ccc(C(F)(F)F)cc2)C=CC1. The van der Waals surface area contributed by atoms with Crippen LogP contribution in [0.1, 0.15) is 34.9 Å². The van der Waals surface area contributed by atoms with E-state index >= 15 is 0 Å². The molecule has 0 amide bonds. The fourth-order valence-electron chi connectivity index (χ4n) is 3.32. The third kappa shape index (κ3) is 4.30. The Kier molecular flexibility index (Phi) is 5.49. The largest absolute Gasteiger partial charge is 0.466 e. The van der Waals surface area contributed by atoms with Crippen molar-refractivity contribution in [1.82, 2.24) is 0 Å². The van der Waals surface area contributed by atoms with Gasteiger partial charge in [0.2, 0.25) is 0 Å². The molecular weight excluding hydrogens is 353 g/mol. The van der Waals surface area contributed by atoms with Gasteiger partial charge in [0.25, 0.3) is 0 Å². The van der Waals surface area contributed by atoms with Crippen LogP contribution >= 0.6 is 0 Å². The molecule has 0 heterocycles. The van der Waals surface area contributed by atoms with Crippen LogP contribution < -0.4 is 0 Å². The summed E-state index contributed by atoms with van der Waals surface area (Å²) in [5.41, 5.74) is 1.61. The number of benzene rings is 2. The molecule has 2 aromatic rings. The number of alkyl halides is 3. The molecule has 0 saturated heterocycles. The summed E-state index contributed by atoms with van der Waals surface area (Å²) >= 11 is 0. The molecule has 2 aromatic carbocycles. The van der Waals surface area contributed by atoms with Crippen LogP contribution in [0.5, 0.6) is 0 Å². The molecule has 1 aliphatic carbocycles. The van der Waals surface area contributed by atoms with Crippen LogP contribution in [-0.4, -0.2) is 13.1 Å². The molecule has 0 radical (unpaired) electrons. The maximum atomic E-state index is 12.9. The normalized spacial score (nSPS) is 19.9. The predicted molar refractivity (Wildman–Crippen MR) is 97.2 cm³/mol. The molecule has 3 rings (SSSR count). The molecule has 0 saturated carbocycles. The first-order valence-electron chi connectivity index (χ1n) is 8.58. The van der Waals surface area contributed by atoms with E-state index in [1.54, 1.807) is 0 Å². The van der Waals surface area contributed by atoms with Gasteiger partial charge in [-0.25, -0.2) is 4.79 Å². The van der Waals surface area contributed by atoms with Crippen molar-refractivity contribution in [2.75, 3.05) is 7.11 Å². The van der Waals surface area contributed by atoms with Gasteiger partial charge in [-0.3, -0.25) is 0 Å². The molecule has 5 heteroatoms. The number of esters is 1. The van der Waals surface area contributed by atoms with Gasteiger partial charge in [-0.05, 0) is 29.7 Å². The van der Waals surface area contributed by atoms with Crippen molar-refractivity contribution < 1.29 is 22.7 Å². The van der Waals surface area contributed by atoms with E-state index in [-0.39, 0.29) is 11.8 Å². The molecule has 2 unspecified atom stereocenters. The van der Waals surface area contributed by atoms with E-state index in [0.29, 0.717) is 12.0 Å². The van der Waals surface area contributed by atoms with E-state index in [1.807, 2.05) is 48.6 Å². The number of allylic oxidation sites excluding steroid dienone is 3. The Morgan fingerprint density at radius 3 is 2.19 bits per heavy atom. The smallest absolute Gasteiger partial charge is 0.416 e. The Bertz CT molecular complexity index is 849. The number of carbonyl (C=O) groups excluding carboxylic acids is 1. The van der Waals surface area contributed by atoms with Crippen molar-refractivity contribution in [3.05, 3.63) is 95.1 Å².